The van der Waals surface area contributed by atoms with Gasteiger partial charge in [-0.3, -0.25) is 0 Å². The first-order valence-electron chi connectivity index (χ1n) is 4.30. The molecule has 0 aromatic carbocycles. The maximum absolute atomic E-state index is 8.74. The molecule has 1 fully saturated rings. The summed E-state index contributed by atoms with van der Waals surface area (Å²) < 4.78 is 5.45. The lowest BCUT2D eigenvalue weighted by Crippen LogP contribution is -2.00. The van der Waals surface area contributed by atoms with Gasteiger partial charge in [0.2, 0.25) is 0 Å². The second-order valence-electron chi connectivity index (χ2n) is 3.11. The molecule has 0 spiro atoms. The summed E-state index contributed by atoms with van der Waals surface area (Å²) in [6.07, 6.45) is 3.61. The van der Waals surface area contributed by atoms with Crippen molar-refractivity contribution in [3.63, 3.8) is 0 Å². The van der Waals surface area contributed by atoms with Crippen LogP contribution in [0.4, 0.5) is 0 Å². The summed E-state index contributed by atoms with van der Waals surface area (Å²) >= 11 is 0. The molecule has 0 unspecified atom stereocenters. The summed E-state index contributed by atoms with van der Waals surface area (Å²) in [5, 5.41) is 17.4. The van der Waals surface area contributed by atoms with Crippen LogP contribution >= 0.6 is 0 Å². The molecule has 1 aliphatic rings. The van der Waals surface area contributed by atoms with Gasteiger partial charge in [-0.15, -0.1) is 0 Å². The van der Waals surface area contributed by atoms with E-state index < -0.39 is 0 Å². The molecule has 0 amide bonds. The average molecular weight is 185 g/mol. The number of aromatic nitrogens is 1. The highest BCUT2D eigenvalue weighted by Crippen LogP contribution is 2.28. The Kier molecular flexibility index (Phi) is 2.04. The standard InChI is InChI=1S/C10H7N3O/c11-4-7-3-10(14-8-1-2-8)9(5-12)13-6-7/h3,6,8H,1-2H2. The Morgan fingerprint density at radius 3 is 2.71 bits per heavy atom. The zero-order chi connectivity index (χ0) is 9.97. The lowest BCUT2D eigenvalue weighted by molar-refractivity contribution is 0.301. The van der Waals surface area contributed by atoms with Gasteiger partial charge < -0.3 is 4.74 Å². The van der Waals surface area contributed by atoms with Crippen LogP contribution in [0.2, 0.25) is 0 Å². The van der Waals surface area contributed by atoms with E-state index in [2.05, 4.69) is 4.98 Å². The van der Waals surface area contributed by atoms with Crippen molar-refractivity contribution in [3.8, 4) is 17.9 Å². The molecule has 0 radical (unpaired) electrons. The molecule has 1 heterocycles. The summed E-state index contributed by atoms with van der Waals surface area (Å²) in [4.78, 5) is 3.84. The van der Waals surface area contributed by atoms with Crippen molar-refractivity contribution in [2.75, 3.05) is 0 Å². The van der Waals surface area contributed by atoms with E-state index in [-0.39, 0.29) is 11.8 Å². The second-order valence-corrected chi connectivity index (χ2v) is 3.11. The maximum Gasteiger partial charge on any atom is 0.182 e. The third-order valence-corrected chi connectivity index (χ3v) is 1.91. The molecule has 0 N–H and O–H groups in total. The van der Waals surface area contributed by atoms with Crippen molar-refractivity contribution >= 4 is 0 Å². The fourth-order valence-electron chi connectivity index (χ4n) is 1.04. The van der Waals surface area contributed by atoms with Crippen LogP contribution in [-0.4, -0.2) is 11.1 Å². The van der Waals surface area contributed by atoms with Crippen LogP contribution in [-0.2, 0) is 0 Å². The zero-order valence-electron chi connectivity index (χ0n) is 7.40. The van der Waals surface area contributed by atoms with Gasteiger partial charge in [-0.1, -0.05) is 0 Å². The molecule has 1 aromatic rings. The lowest BCUT2D eigenvalue weighted by atomic mass is 10.2. The lowest BCUT2D eigenvalue weighted by Gasteiger charge is -2.04. The molecular weight excluding hydrogens is 178 g/mol. The summed E-state index contributed by atoms with van der Waals surface area (Å²) in [6.45, 7) is 0. The van der Waals surface area contributed by atoms with Gasteiger partial charge in [0.1, 0.15) is 12.1 Å². The van der Waals surface area contributed by atoms with Gasteiger partial charge in [0.15, 0.2) is 11.4 Å². The smallest absolute Gasteiger partial charge is 0.182 e. The molecule has 1 aromatic heterocycles. The molecule has 4 heteroatoms. The summed E-state index contributed by atoms with van der Waals surface area (Å²) in [5.74, 6) is 0.425. The number of hydrogen-bond donors (Lipinski definition) is 0. The van der Waals surface area contributed by atoms with Crippen molar-refractivity contribution in [2.45, 2.75) is 18.9 Å². The minimum Gasteiger partial charge on any atom is -0.487 e. The Labute approximate surface area is 81.4 Å². The van der Waals surface area contributed by atoms with Crippen LogP contribution in [0, 0.1) is 22.7 Å². The van der Waals surface area contributed by atoms with Crippen molar-refractivity contribution in [2.24, 2.45) is 0 Å². The SMILES string of the molecule is N#Cc1cnc(C#N)c(OC2CC2)c1. The first kappa shape index (κ1) is 8.52. The van der Waals surface area contributed by atoms with Crippen molar-refractivity contribution in [1.82, 2.24) is 4.98 Å². The second kappa shape index (κ2) is 3.35. The Morgan fingerprint density at radius 1 is 1.36 bits per heavy atom. The van der Waals surface area contributed by atoms with Gasteiger partial charge >= 0.3 is 0 Å². The van der Waals surface area contributed by atoms with Crippen molar-refractivity contribution in [1.29, 1.82) is 10.5 Å². The predicted octanol–water partition coefficient (Wildman–Crippen LogP) is 1.37. The van der Waals surface area contributed by atoms with Crippen LogP contribution in [0.5, 0.6) is 5.75 Å². The van der Waals surface area contributed by atoms with Gasteiger partial charge in [-0.2, -0.15) is 10.5 Å². The maximum atomic E-state index is 8.74. The fraction of sp³-hybridized carbons (Fsp3) is 0.300. The normalized spacial score (nSPS) is 14.1. The number of pyridine rings is 1. The van der Waals surface area contributed by atoms with Crippen LogP contribution in [0.1, 0.15) is 24.1 Å². The van der Waals surface area contributed by atoms with E-state index in [0.29, 0.717) is 11.3 Å². The molecule has 0 bridgehead atoms. The number of rotatable bonds is 2. The molecule has 0 aliphatic heterocycles. The topological polar surface area (TPSA) is 69.7 Å². The van der Waals surface area contributed by atoms with Crippen molar-refractivity contribution in [3.05, 3.63) is 23.5 Å². The van der Waals surface area contributed by atoms with Crippen LogP contribution in [0.3, 0.4) is 0 Å². The minimum absolute atomic E-state index is 0.206. The first-order valence-corrected chi connectivity index (χ1v) is 4.30. The number of nitriles is 2. The quantitative estimate of drug-likeness (QED) is 0.697. The van der Waals surface area contributed by atoms with E-state index in [9.17, 15) is 0 Å². The molecule has 1 saturated carbocycles. The third-order valence-electron chi connectivity index (χ3n) is 1.91. The van der Waals surface area contributed by atoms with E-state index in [1.54, 1.807) is 6.07 Å². The van der Waals surface area contributed by atoms with Crippen LogP contribution < -0.4 is 4.74 Å². The Balaban J connectivity index is 2.33. The fourth-order valence-corrected chi connectivity index (χ4v) is 1.04. The minimum atomic E-state index is 0.206. The van der Waals surface area contributed by atoms with Crippen molar-refractivity contribution < 1.29 is 4.74 Å². The van der Waals surface area contributed by atoms with E-state index in [1.165, 1.54) is 6.20 Å². The monoisotopic (exact) mass is 185 g/mol. The molecular formula is C10H7N3O. The van der Waals surface area contributed by atoms with Gasteiger partial charge in [-0.05, 0) is 12.8 Å². The van der Waals surface area contributed by atoms with E-state index in [0.717, 1.165) is 12.8 Å². The molecule has 4 nitrogen and oxygen atoms in total. The highest BCUT2D eigenvalue weighted by Gasteiger charge is 2.25. The summed E-state index contributed by atoms with van der Waals surface area (Å²) in [7, 11) is 0. The molecule has 0 saturated heterocycles. The third kappa shape index (κ3) is 1.65. The first-order chi connectivity index (χ1) is 6.83. The largest absolute Gasteiger partial charge is 0.487 e. The molecule has 1 aliphatic carbocycles. The molecule has 0 atom stereocenters. The number of hydrogen-bond acceptors (Lipinski definition) is 4. The van der Waals surface area contributed by atoms with E-state index >= 15 is 0 Å². The van der Waals surface area contributed by atoms with Gasteiger partial charge in [0.25, 0.3) is 0 Å². The Bertz CT molecular complexity index is 438. The number of nitrogens with zero attached hydrogens (tertiary/aromatic N) is 3. The summed E-state index contributed by atoms with van der Waals surface area (Å²) in [5.41, 5.74) is 0.663. The van der Waals surface area contributed by atoms with Gasteiger partial charge in [0, 0.05) is 12.3 Å². The number of ether oxygens (including phenoxy) is 1. The van der Waals surface area contributed by atoms with E-state index in [1.807, 2.05) is 12.1 Å². The molecule has 14 heavy (non-hydrogen) atoms. The molecule has 68 valence electrons. The highest BCUT2D eigenvalue weighted by atomic mass is 16.5. The Hall–Kier alpha value is -2.07. The average Bonchev–Trinajstić information content (AvgIpc) is 3.01. The van der Waals surface area contributed by atoms with Crippen LogP contribution in [0.15, 0.2) is 12.3 Å². The highest BCUT2D eigenvalue weighted by molar-refractivity contribution is 5.43. The van der Waals surface area contributed by atoms with Gasteiger partial charge in [-0.25, -0.2) is 4.98 Å². The predicted molar refractivity (Wildman–Crippen MR) is 47.3 cm³/mol. The zero-order valence-corrected chi connectivity index (χ0v) is 7.40. The van der Waals surface area contributed by atoms with E-state index in [4.69, 9.17) is 15.3 Å². The Morgan fingerprint density at radius 2 is 2.14 bits per heavy atom. The molecule has 2 rings (SSSR count). The van der Waals surface area contributed by atoms with Gasteiger partial charge in [0.05, 0.1) is 11.7 Å². The van der Waals surface area contributed by atoms with Crippen LogP contribution in [0.25, 0.3) is 0 Å². The summed E-state index contributed by atoms with van der Waals surface area (Å²) in [6, 6.07) is 5.45.